The third kappa shape index (κ3) is 3.21. The van der Waals surface area contributed by atoms with E-state index < -0.39 is 0 Å². The van der Waals surface area contributed by atoms with Gasteiger partial charge in [-0.2, -0.15) is 0 Å². The third-order valence-corrected chi connectivity index (χ3v) is 4.89. The van der Waals surface area contributed by atoms with E-state index in [0.29, 0.717) is 6.04 Å². The number of aromatic amines is 1. The quantitative estimate of drug-likeness (QED) is 0.878. The summed E-state index contributed by atoms with van der Waals surface area (Å²) in [4.78, 5) is 6.27. The van der Waals surface area contributed by atoms with Crippen molar-refractivity contribution in [3.8, 4) is 0 Å². The summed E-state index contributed by atoms with van der Waals surface area (Å²) in [6.45, 7) is 11.4. The summed E-state index contributed by atoms with van der Waals surface area (Å²) in [6, 6.07) is 9.30. The Labute approximate surface area is 134 Å². The highest BCUT2D eigenvalue weighted by Gasteiger charge is 2.26. The van der Waals surface area contributed by atoms with Gasteiger partial charge in [-0.15, -0.1) is 0 Å². The second-order valence-electron chi connectivity index (χ2n) is 6.98. The maximum atomic E-state index is 3.59. The minimum absolute atomic E-state index is 0.542. The molecule has 2 N–H and O–H groups in total. The molecule has 0 saturated carbocycles. The van der Waals surface area contributed by atoms with Gasteiger partial charge in [0.15, 0.2) is 0 Å². The van der Waals surface area contributed by atoms with Crippen LogP contribution in [0.2, 0.25) is 0 Å². The molecule has 0 bridgehead atoms. The normalized spacial score (nSPS) is 18.2. The van der Waals surface area contributed by atoms with Gasteiger partial charge in [-0.05, 0) is 37.3 Å². The van der Waals surface area contributed by atoms with Gasteiger partial charge in [0, 0.05) is 48.8 Å². The van der Waals surface area contributed by atoms with Crippen LogP contribution in [0.3, 0.4) is 0 Å². The Bertz CT molecular complexity index is 608. The molecule has 0 unspecified atom stereocenters. The maximum absolute atomic E-state index is 3.59. The largest absolute Gasteiger partial charge is 0.358 e. The Balaban J connectivity index is 1.96. The van der Waals surface area contributed by atoms with Crippen molar-refractivity contribution in [1.82, 2.24) is 15.2 Å². The zero-order valence-corrected chi connectivity index (χ0v) is 14.2. The molecule has 1 fully saturated rings. The Hall–Kier alpha value is -1.32. The monoisotopic (exact) mass is 299 g/mol. The Kier molecular flexibility index (Phi) is 4.84. The van der Waals surface area contributed by atoms with Crippen LogP contribution in [0.15, 0.2) is 24.3 Å². The van der Waals surface area contributed by atoms with Crippen molar-refractivity contribution in [2.75, 3.05) is 26.2 Å². The molecule has 120 valence electrons. The van der Waals surface area contributed by atoms with Crippen molar-refractivity contribution in [3.63, 3.8) is 0 Å². The summed E-state index contributed by atoms with van der Waals surface area (Å²) in [7, 11) is 0. The molecular weight excluding hydrogens is 270 g/mol. The average molecular weight is 299 g/mol. The van der Waals surface area contributed by atoms with Gasteiger partial charge >= 0.3 is 0 Å². The fourth-order valence-electron chi connectivity index (χ4n) is 3.72. The molecule has 2 heterocycles. The number of benzene rings is 1. The molecule has 3 rings (SSSR count). The molecule has 1 atom stereocenters. The van der Waals surface area contributed by atoms with Gasteiger partial charge in [0.25, 0.3) is 0 Å². The number of piperazine rings is 1. The van der Waals surface area contributed by atoms with Crippen molar-refractivity contribution in [3.05, 3.63) is 35.5 Å². The van der Waals surface area contributed by atoms with Crippen molar-refractivity contribution < 1.29 is 0 Å². The molecule has 2 aromatic rings. The number of aryl methyl sites for hydroxylation is 1. The highest BCUT2D eigenvalue weighted by molar-refractivity contribution is 5.85. The number of hydrogen-bond donors (Lipinski definition) is 2. The highest BCUT2D eigenvalue weighted by atomic mass is 15.2. The van der Waals surface area contributed by atoms with E-state index in [-0.39, 0.29) is 0 Å². The minimum atomic E-state index is 0.542. The summed E-state index contributed by atoms with van der Waals surface area (Å²) >= 11 is 0. The molecule has 1 aliphatic rings. The van der Waals surface area contributed by atoms with Crippen LogP contribution in [0.4, 0.5) is 0 Å². The highest BCUT2D eigenvalue weighted by Crippen LogP contribution is 2.35. The third-order valence-electron chi connectivity index (χ3n) is 4.89. The van der Waals surface area contributed by atoms with Crippen molar-refractivity contribution >= 4 is 10.9 Å². The molecule has 0 spiro atoms. The molecule has 1 saturated heterocycles. The van der Waals surface area contributed by atoms with Gasteiger partial charge < -0.3 is 10.3 Å². The molecule has 0 radical (unpaired) electrons. The number of rotatable bonds is 5. The van der Waals surface area contributed by atoms with Crippen LogP contribution >= 0.6 is 0 Å². The van der Waals surface area contributed by atoms with E-state index in [9.17, 15) is 0 Å². The van der Waals surface area contributed by atoms with Gasteiger partial charge in [-0.1, -0.05) is 32.0 Å². The number of aromatic nitrogens is 1. The van der Waals surface area contributed by atoms with Crippen molar-refractivity contribution in [2.45, 2.75) is 39.7 Å². The topological polar surface area (TPSA) is 31.1 Å². The number of para-hydroxylation sites is 1. The Morgan fingerprint density at radius 3 is 2.55 bits per heavy atom. The van der Waals surface area contributed by atoms with E-state index in [2.05, 4.69) is 60.2 Å². The Morgan fingerprint density at radius 1 is 1.09 bits per heavy atom. The number of nitrogens with zero attached hydrogens (tertiary/aromatic N) is 1. The van der Waals surface area contributed by atoms with Crippen LogP contribution in [-0.2, 0) is 0 Å². The van der Waals surface area contributed by atoms with Gasteiger partial charge in [0.1, 0.15) is 0 Å². The standard InChI is InChI=1S/C19H29N3/c1-14(2)8-9-18(22-12-10-20-11-13-22)19-15(3)21-17-7-5-4-6-16(17)19/h4-7,14,18,20-21H,8-13H2,1-3H3/t18-/m0/s1. The fourth-order valence-corrected chi connectivity index (χ4v) is 3.72. The minimum Gasteiger partial charge on any atom is -0.358 e. The van der Waals surface area contributed by atoms with E-state index in [0.717, 1.165) is 32.1 Å². The molecule has 1 aromatic carbocycles. The number of nitrogens with one attached hydrogen (secondary N) is 2. The average Bonchev–Trinajstić information content (AvgIpc) is 2.85. The summed E-state index contributed by atoms with van der Waals surface area (Å²) in [6.07, 6.45) is 2.54. The Morgan fingerprint density at radius 2 is 1.82 bits per heavy atom. The molecule has 22 heavy (non-hydrogen) atoms. The van der Waals surface area contributed by atoms with E-state index >= 15 is 0 Å². The van der Waals surface area contributed by atoms with E-state index in [1.165, 1.54) is 35.0 Å². The van der Waals surface area contributed by atoms with E-state index in [1.807, 2.05) is 0 Å². The van der Waals surface area contributed by atoms with Crippen LogP contribution in [0, 0.1) is 12.8 Å². The molecule has 3 heteroatoms. The molecule has 1 aromatic heterocycles. The van der Waals surface area contributed by atoms with Crippen LogP contribution < -0.4 is 5.32 Å². The zero-order valence-electron chi connectivity index (χ0n) is 14.2. The second-order valence-corrected chi connectivity index (χ2v) is 6.98. The maximum Gasteiger partial charge on any atom is 0.0459 e. The molecular formula is C19H29N3. The first-order valence-electron chi connectivity index (χ1n) is 8.68. The smallest absolute Gasteiger partial charge is 0.0459 e. The van der Waals surface area contributed by atoms with Crippen LogP contribution in [-0.4, -0.2) is 36.1 Å². The lowest BCUT2D eigenvalue weighted by atomic mass is 9.93. The van der Waals surface area contributed by atoms with E-state index in [4.69, 9.17) is 0 Å². The number of hydrogen-bond acceptors (Lipinski definition) is 2. The molecule has 3 nitrogen and oxygen atoms in total. The van der Waals surface area contributed by atoms with Gasteiger partial charge in [0.2, 0.25) is 0 Å². The zero-order chi connectivity index (χ0) is 15.5. The lowest BCUT2D eigenvalue weighted by Crippen LogP contribution is -2.45. The summed E-state index contributed by atoms with van der Waals surface area (Å²) in [5.74, 6) is 0.760. The fraction of sp³-hybridized carbons (Fsp3) is 0.579. The van der Waals surface area contributed by atoms with Crippen LogP contribution in [0.5, 0.6) is 0 Å². The first kappa shape index (κ1) is 15.6. The van der Waals surface area contributed by atoms with Gasteiger partial charge in [-0.3, -0.25) is 4.90 Å². The van der Waals surface area contributed by atoms with Gasteiger partial charge in [0.05, 0.1) is 0 Å². The lowest BCUT2D eigenvalue weighted by molar-refractivity contribution is 0.160. The summed E-state index contributed by atoms with van der Waals surface area (Å²) in [5, 5.41) is 4.89. The van der Waals surface area contributed by atoms with Gasteiger partial charge in [-0.25, -0.2) is 0 Å². The van der Waals surface area contributed by atoms with Crippen LogP contribution in [0.25, 0.3) is 10.9 Å². The second kappa shape index (κ2) is 6.84. The van der Waals surface area contributed by atoms with E-state index in [1.54, 1.807) is 0 Å². The molecule has 1 aliphatic heterocycles. The number of H-pyrrole nitrogens is 1. The predicted molar refractivity (Wildman–Crippen MR) is 94.3 cm³/mol. The van der Waals surface area contributed by atoms with Crippen molar-refractivity contribution in [2.24, 2.45) is 5.92 Å². The number of fused-ring (bicyclic) bond motifs is 1. The molecule has 0 amide bonds. The first-order valence-corrected chi connectivity index (χ1v) is 8.68. The molecule has 0 aliphatic carbocycles. The SMILES string of the molecule is Cc1[nH]c2ccccc2c1[C@H](CCC(C)C)N1CCNCC1. The van der Waals surface area contributed by atoms with Crippen molar-refractivity contribution in [1.29, 1.82) is 0 Å². The van der Waals surface area contributed by atoms with Crippen LogP contribution in [0.1, 0.15) is 44.0 Å². The predicted octanol–water partition coefficient (Wildman–Crippen LogP) is 3.86. The first-order chi connectivity index (χ1) is 10.7. The summed E-state index contributed by atoms with van der Waals surface area (Å²) < 4.78 is 0. The summed E-state index contributed by atoms with van der Waals surface area (Å²) in [5.41, 5.74) is 4.14. The lowest BCUT2D eigenvalue weighted by Gasteiger charge is -2.36.